The third-order valence-corrected chi connectivity index (χ3v) is 5.11. The monoisotopic (exact) mass is 341 g/mol. The summed E-state index contributed by atoms with van der Waals surface area (Å²) in [6.07, 6.45) is 1.84. The SMILES string of the molecule is COCCNS(=O)(=O)c1cccc(CNC(=O)C2CCCN2)c1. The van der Waals surface area contributed by atoms with E-state index in [0.717, 1.165) is 24.9 Å². The van der Waals surface area contributed by atoms with Crippen LogP contribution in [0, 0.1) is 0 Å². The minimum atomic E-state index is -3.56. The van der Waals surface area contributed by atoms with Gasteiger partial charge in [0.1, 0.15) is 0 Å². The molecule has 1 aliphatic rings. The summed E-state index contributed by atoms with van der Waals surface area (Å²) < 4.78 is 31.6. The molecule has 1 heterocycles. The van der Waals surface area contributed by atoms with Gasteiger partial charge in [-0.3, -0.25) is 4.79 Å². The molecule has 0 radical (unpaired) electrons. The van der Waals surface area contributed by atoms with E-state index in [0.29, 0.717) is 13.2 Å². The molecule has 7 nitrogen and oxygen atoms in total. The Kier molecular flexibility index (Phi) is 6.52. The second kappa shape index (κ2) is 8.39. The number of benzene rings is 1. The first-order chi connectivity index (χ1) is 11.0. The van der Waals surface area contributed by atoms with E-state index in [1.807, 2.05) is 0 Å². The van der Waals surface area contributed by atoms with Gasteiger partial charge in [0.05, 0.1) is 17.5 Å². The first kappa shape index (κ1) is 17.9. The number of amides is 1. The number of carbonyl (C=O) groups is 1. The van der Waals surface area contributed by atoms with Crippen molar-refractivity contribution in [3.63, 3.8) is 0 Å². The molecule has 1 unspecified atom stereocenters. The van der Waals surface area contributed by atoms with Crippen molar-refractivity contribution in [3.8, 4) is 0 Å². The number of hydrogen-bond acceptors (Lipinski definition) is 5. The fourth-order valence-electron chi connectivity index (χ4n) is 2.40. The quantitative estimate of drug-likeness (QED) is 0.578. The fraction of sp³-hybridized carbons (Fsp3) is 0.533. The average Bonchev–Trinajstić information content (AvgIpc) is 3.07. The lowest BCUT2D eigenvalue weighted by molar-refractivity contribution is -0.122. The molecule has 1 aromatic carbocycles. The Bertz CT molecular complexity index is 627. The van der Waals surface area contributed by atoms with E-state index in [-0.39, 0.29) is 23.4 Å². The largest absolute Gasteiger partial charge is 0.383 e. The van der Waals surface area contributed by atoms with Crippen LogP contribution in [0.4, 0.5) is 0 Å². The highest BCUT2D eigenvalue weighted by molar-refractivity contribution is 7.89. The van der Waals surface area contributed by atoms with E-state index < -0.39 is 10.0 Å². The van der Waals surface area contributed by atoms with Gasteiger partial charge in [0.15, 0.2) is 0 Å². The van der Waals surface area contributed by atoms with Crippen molar-refractivity contribution >= 4 is 15.9 Å². The maximum atomic E-state index is 12.1. The summed E-state index contributed by atoms with van der Waals surface area (Å²) in [5, 5.41) is 5.96. The zero-order valence-electron chi connectivity index (χ0n) is 13.2. The molecule has 0 bridgehead atoms. The second-order valence-corrected chi connectivity index (χ2v) is 7.17. The van der Waals surface area contributed by atoms with Gasteiger partial charge >= 0.3 is 0 Å². The van der Waals surface area contributed by atoms with E-state index in [9.17, 15) is 13.2 Å². The predicted octanol–water partition coefficient (Wildman–Crippen LogP) is -0.0205. The molecule has 2 rings (SSSR count). The molecule has 3 N–H and O–H groups in total. The Labute approximate surface area is 136 Å². The summed E-state index contributed by atoms with van der Waals surface area (Å²) in [4.78, 5) is 12.1. The van der Waals surface area contributed by atoms with Crippen LogP contribution in [0.1, 0.15) is 18.4 Å². The number of rotatable bonds is 8. The van der Waals surface area contributed by atoms with Crippen molar-refractivity contribution in [3.05, 3.63) is 29.8 Å². The van der Waals surface area contributed by atoms with Gasteiger partial charge in [-0.15, -0.1) is 0 Å². The summed E-state index contributed by atoms with van der Waals surface area (Å²) in [7, 11) is -2.05. The number of nitrogens with one attached hydrogen (secondary N) is 3. The first-order valence-corrected chi connectivity index (χ1v) is 9.10. The lowest BCUT2D eigenvalue weighted by Gasteiger charge is -2.12. The van der Waals surface area contributed by atoms with Gasteiger partial charge in [-0.05, 0) is 37.1 Å². The van der Waals surface area contributed by atoms with Gasteiger partial charge in [0.2, 0.25) is 15.9 Å². The van der Waals surface area contributed by atoms with E-state index in [1.54, 1.807) is 18.2 Å². The highest BCUT2D eigenvalue weighted by Gasteiger charge is 2.21. The van der Waals surface area contributed by atoms with Crippen LogP contribution in [0.5, 0.6) is 0 Å². The first-order valence-electron chi connectivity index (χ1n) is 7.61. The molecule has 1 saturated heterocycles. The van der Waals surface area contributed by atoms with Gasteiger partial charge < -0.3 is 15.4 Å². The lowest BCUT2D eigenvalue weighted by Crippen LogP contribution is -2.40. The average molecular weight is 341 g/mol. The molecule has 23 heavy (non-hydrogen) atoms. The van der Waals surface area contributed by atoms with Crippen molar-refractivity contribution in [1.82, 2.24) is 15.4 Å². The van der Waals surface area contributed by atoms with Crippen LogP contribution in [-0.4, -0.2) is 47.2 Å². The van der Waals surface area contributed by atoms with Gasteiger partial charge in [-0.25, -0.2) is 13.1 Å². The van der Waals surface area contributed by atoms with E-state index in [1.165, 1.54) is 13.2 Å². The molecule has 0 spiro atoms. The molecule has 8 heteroatoms. The minimum absolute atomic E-state index is 0.0472. The van der Waals surface area contributed by atoms with Crippen LogP contribution in [0.2, 0.25) is 0 Å². The van der Waals surface area contributed by atoms with E-state index in [4.69, 9.17) is 4.74 Å². The molecular weight excluding hydrogens is 318 g/mol. The van der Waals surface area contributed by atoms with Gasteiger partial charge in [0, 0.05) is 20.2 Å². The fourth-order valence-corrected chi connectivity index (χ4v) is 3.49. The zero-order valence-corrected chi connectivity index (χ0v) is 14.0. The highest BCUT2D eigenvalue weighted by Crippen LogP contribution is 2.12. The zero-order chi connectivity index (χ0) is 16.7. The van der Waals surface area contributed by atoms with Crippen LogP contribution in [-0.2, 0) is 26.1 Å². The smallest absolute Gasteiger partial charge is 0.240 e. The molecule has 128 valence electrons. The summed E-state index contributed by atoms with van der Waals surface area (Å²) in [5.74, 6) is -0.0472. The molecule has 1 atom stereocenters. The summed E-state index contributed by atoms with van der Waals surface area (Å²) in [6, 6.07) is 6.41. The van der Waals surface area contributed by atoms with Crippen LogP contribution >= 0.6 is 0 Å². The summed E-state index contributed by atoms with van der Waals surface area (Å²) in [5.41, 5.74) is 0.742. The molecule has 0 aliphatic carbocycles. The summed E-state index contributed by atoms with van der Waals surface area (Å²) >= 11 is 0. The Morgan fingerprint density at radius 3 is 2.96 bits per heavy atom. The van der Waals surface area contributed by atoms with Crippen LogP contribution in [0.15, 0.2) is 29.2 Å². The topological polar surface area (TPSA) is 96.5 Å². The standard InChI is InChI=1S/C15H23N3O4S/c1-22-9-8-18-23(20,21)13-5-2-4-12(10-13)11-17-15(19)14-6-3-7-16-14/h2,4-5,10,14,16,18H,3,6-9,11H2,1H3,(H,17,19). The number of sulfonamides is 1. The van der Waals surface area contributed by atoms with E-state index >= 15 is 0 Å². The van der Waals surface area contributed by atoms with Crippen LogP contribution in [0.25, 0.3) is 0 Å². The second-order valence-electron chi connectivity index (χ2n) is 5.40. The van der Waals surface area contributed by atoms with Crippen LogP contribution in [0.3, 0.4) is 0 Å². The Morgan fingerprint density at radius 1 is 1.43 bits per heavy atom. The van der Waals surface area contributed by atoms with Crippen molar-refractivity contribution in [2.24, 2.45) is 0 Å². The minimum Gasteiger partial charge on any atom is -0.383 e. The van der Waals surface area contributed by atoms with Gasteiger partial charge in [0.25, 0.3) is 0 Å². The van der Waals surface area contributed by atoms with Gasteiger partial charge in [-0.2, -0.15) is 0 Å². The molecule has 0 saturated carbocycles. The van der Waals surface area contributed by atoms with E-state index in [2.05, 4.69) is 15.4 Å². The third-order valence-electron chi connectivity index (χ3n) is 3.65. The predicted molar refractivity (Wildman–Crippen MR) is 86.4 cm³/mol. The molecule has 0 aromatic heterocycles. The maximum Gasteiger partial charge on any atom is 0.240 e. The number of ether oxygens (including phenoxy) is 1. The molecule has 1 fully saturated rings. The maximum absolute atomic E-state index is 12.1. The normalized spacial score (nSPS) is 18.0. The van der Waals surface area contributed by atoms with Crippen molar-refractivity contribution in [2.75, 3.05) is 26.8 Å². The number of methoxy groups -OCH3 is 1. The van der Waals surface area contributed by atoms with Gasteiger partial charge in [-0.1, -0.05) is 12.1 Å². The Balaban J connectivity index is 1.95. The number of carbonyl (C=O) groups excluding carboxylic acids is 1. The molecular formula is C15H23N3O4S. The number of hydrogen-bond donors (Lipinski definition) is 3. The Morgan fingerprint density at radius 2 is 2.26 bits per heavy atom. The van der Waals surface area contributed by atoms with Crippen LogP contribution < -0.4 is 15.4 Å². The molecule has 1 aromatic rings. The third kappa shape index (κ3) is 5.28. The molecule has 1 aliphatic heterocycles. The Hall–Kier alpha value is -1.48. The van der Waals surface area contributed by atoms with Crippen molar-refractivity contribution in [1.29, 1.82) is 0 Å². The highest BCUT2D eigenvalue weighted by atomic mass is 32.2. The summed E-state index contributed by atoms with van der Waals surface area (Å²) in [6.45, 7) is 1.69. The molecule has 1 amide bonds. The lowest BCUT2D eigenvalue weighted by atomic mass is 10.2. The van der Waals surface area contributed by atoms with Crippen molar-refractivity contribution in [2.45, 2.75) is 30.3 Å². The van der Waals surface area contributed by atoms with Crippen molar-refractivity contribution < 1.29 is 17.9 Å².